The number of halogens is 1. The van der Waals surface area contributed by atoms with E-state index in [1.54, 1.807) is 7.11 Å². The second kappa shape index (κ2) is 10.1. The van der Waals surface area contributed by atoms with Gasteiger partial charge in [0.1, 0.15) is 12.4 Å². The maximum absolute atomic E-state index is 6.55. The minimum absolute atomic E-state index is 0.440. The van der Waals surface area contributed by atoms with Crippen LogP contribution in [0.25, 0.3) is 0 Å². The van der Waals surface area contributed by atoms with E-state index in [0.717, 1.165) is 22.6 Å². The first-order chi connectivity index (χ1) is 14.1. The van der Waals surface area contributed by atoms with Crippen molar-refractivity contribution in [3.05, 3.63) is 82.4 Å². The summed E-state index contributed by atoms with van der Waals surface area (Å²) in [5, 5.41) is 3.92. The average Bonchev–Trinajstić information content (AvgIpc) is 2.73. The van der Waals surface area contributed by atoms with Crippen LogP contribution >= 0.6 is 11.6 Å². The highest BCUT2D eigenvalue weighted by molar-refractivity contribution is 6.32. The maximum Gasteiger partial charge on any atom is 0.180 e. The molecule has 0 bridgehead atoms. The Kier molecular flexibility index (Phi) is 7.25. The fourth-order valence-corrected chi connectivity index (χ4v) is 3.25. The van der Waals surface area contributed by atoms with Crippen LogP contribution in [0, 0.1) is 6.92 Å². The molecule has 0 aliphatic rings. The van der Waals surface area contributed by atoms with E-state index >= 15 is 0 Å². The number of benzene rings is 3. The van der Waals surface area contributed by atoms with Crippen molar-refractivity contribution in [2.24, 2.45) is 0 Å². The van der Waals surface area contributed by atoms with Crippen molar-refractivity contribution in [2.75, 3.05) is 19.0 Å². The molecule has 0 saturated carbocycles. The fraction of sp³-hybridized carbons (Fsp3) is 0.250. The highest BCUT2D eigenvalue weighted by Crippen LogP contribution is 2.37. The Morgan fingerprint density at radius 1 is 0.966 bits per heavy atom. The molecule has 3 aromatic rings. The number of anilines is 1. The van der Waals surface area contributed by atoms with Gasteiger partial charge in [0.2, 0.25) is 0 Å². The molecule has 3 rings (SSSR count). The molecule has 29 heavy (non-hydrogen) atoms. The molecular weight excluding hydrogens is 386 g/mol. The molecule has 0 aromatic heterocycles. The van der Waals surface area contributed by atoms with Crippen LogP contribution in [0.2, 0.25) is 5.02 Å². The largest absolute Gasteiger partial charge is 0.497 e. The predicted octanol–water partition coefficient (Wildman–Crippen LogP) is 6.25. The number of hydrogen-bond donors (Lipinski definition) is 1. The SMILES string of the molecule is CCOc1cc(CNc2ccc(OC)cc2)cc(Cl)c1OCc1ccccc1C. The third-order valence-corrected chi connectivity index (χ3v) is 4.87. The highest BCUT2D eigenvalue weighted by Gasteiger charge is 2.13. The van der Waals surface area contributed by atoms with Gasteiger partial charge < -0.3 is 19.5 Å². The van der Waals surface area contributed by atoms with Gasteiger partial charge in [-0.15, -0.1) is 0 Å². The van der Waals surface area contributed by atoms with Crippen LogP contribution in [0.4, 0.5) is 5.69 Å². The van der Waals surface area contributed by atoms with Crippen LogP contribution in [0.5, 0.6) is 17.2 Å². The Morgan fingerprint density at radius 3 is 2.41 bits per heavy atom. The van der Waals surface area contributed by atoms with Crippen molar-refractivity contribution in [3.8, 4) is 17.2 Å². The van der Waals surface area contributed by atoms with Gasteiger partial charge in [-0.05, 0) is 66.9 Å². The van der Waals surface area contributed by atoms with Gasteiger partial charge in [-0.1, -0.05) is 35.9 Å². The summed E-state index contributed by atoms with van der Waals surface area (Å²) in [6.45, 7) is 5.60. The van der Waals surface area contributed by atoms with E-state index in [1.165, 1.54) is 5.56 Å². The van der Waals surface area contributed by atoms with Crippen LogP contribution in [-0.4, -0.2) is 13.7 Å². The number of aryl methyl sites for hydroxylation is 1. The van der Waals surface area contributed by atoms with Gasteiger partial charge in [0.15, 0.2) is 11.5 Å². The molecule has 0 unspecified atom stereocenters. The minimum Gasteiger partial charge on any atom is -0.497 e. The molecule has 0 saturated heterocycles. The van der Waals surface area contributed by atoms with Gasteiger partial charge in [0, 0.05) is 12.2 Å². The summed E-state index contributed by atoms with van der Waals surface area (Å²) in [5.74, 6) is 2.05. The van der Waals surface area contributed by atoms with E-state index in [2.05, 4.69) is 24.4 Å². The van der Waals surface area contributed by atoms with Crippen LogP contribution in [0.15, 0.2) is 60.7 Å². The minimum atomic E-state index is 0.440. The summed E-state index contributed by atoms with van der Waals surface area (Å²) in [6, 6.07) is 19.8. The summed E-state index contributed by atoms with van der Waals surface area (Å²) in [5.41, 5.74) is 4.32. The molecule has 4 nitrogen and oxygen atoms in total. The van der Waals surface area contributed by atoms with Gasteiger partial charge in [0.25, 0.3) is 0 Å². The fourth-order valence-electron chi connectivity index (χ4n) is 2.96. The van der Waals surface area contributed by atoms with E-state index in [1.807, 2.05) is 55.5 Å². The van der Waals surface area contributed by atoms with Gasteiger partial charge in [-0.25, -0.2) is 0 Å². The number of hydrogen-bond acceptors (Lipinski definition) is 4. The third kappa shape index (κ3) is 5.58. The van der Waals surface area contributed by atoms with Crippen molar-refractivity contribution in [1.82, 2.24) is 0 Å². The van der Waals surface area contributed by atoms with Crippen LogP contribution < -0.4 is 19.5 Å². The first-order valence-corrected chi connectivity index (χ1v) is 9.99. The molecule has 0 radical (unpaired) electrons. The molecule has 0 heterocycles. The van der Waals surface area contributed by atoms with Crippen LogP contribution in [0.3, 0.4) is 0 Å². The Balaban J connectivity index is 1.73. The van der Waals surface area contributed by atoms with Gasteiger partial charge in [-0.2, -0.15) is 0 Å². The molecule has 3 aromatic carbocycles. The first-order valence-electron chi connectivity index (χ1n) is 9.61. The lowest BCUT2D eigenvalue weighted by Gasteiger charge is -2.16. The predicted molar refractivity (Wildman–Crippen MR) is 118 cm³/mol. The second-order valence-corrected chi connectivity index (χ2v) is 7.04. The topological polar surface area (TPSA) is 39.7 Å². The van der Waals surface area contributed by atoms with Gasteiger partial charge >= 0.3 is 0 Å². The summed E-state index contributed by atoms with van der Waals surface area (Å²) in [6.07, 6.45) is 0. The molecule has 0 spiro atoms. The monoisotopic (exact) mass is 411 g/mol. The number of nitrogens with one attached hydrogen (secondary N) is 1. The van der Waals surface area contributed by atoms with Gasteiger partial charge in [-0.3, -0.25) is 0 Å². The zero-order chi connectivity index (χ0) is 20.6. The van der Waals surface area contributed by atoms with Crippen LogP contribution in [0.1, 0.15) is 23.6 Å². The number of rotatable bonds is 9. The van der Waals surface area contributed by atoms with Crippen molar-refractivity contribution in [1.29, 1.82) is 0 Å². The molecule has 0 fully saturated rings. The molecule has 0 atom stereocenters. The van der Waals surface area contributed by atoms with Crippen molar-refractivity contribution >= 4 is 17.3 Å². The smallest absolute Gasteiger partial charge is 0.180 e. The first kappa shape index (κ1) is 20.9. The Bertz CT molecular complexity index is 941. The molecule has 0 amide bonds. The van der Waals surface area contributed by atoms with E-state index in [9.17, 15) is 0 Å². The van der Waals surface area contributed by atoms with Crippen LogP contribution in [-0.2, 0) is 13.2 Å². The van der Waals surface area contributed by atoms with E-state index in [0.29, 0.717) is 36.3 Å². The number of methoxy groups -OCH3 is 1. The van der Waals surface area contributed by atoms with E-state index < -0.39 is 0 Å². The van der Waals surface area contributed by atoms with Crippen molar-refractivity contribution in [2.45, 2.75) is 27.0 Å². The number of ether oxygens (including phenoxy) is 3. The summed E-state index contributed by atoms with van der Waals surface area (Å²) >= 11 is 6.55. The van der Waals surface area contributed by atoms with E-state index in [4.69, 9.17) is 25.8 Å². The Labute approximate surface area is 177 Å². The normalized spacial score (nSPS) is 10.5. The summed E-state index contributed by atoms with van der Waals surface area (Å²) < 4.78 is 17.0. The Morgan fingerprint density at radius 2 is 1.72 bits per heavy atom. The third-order valence-electron chi connectivity index (χ3n) is 4.59. The standard InChI is InChI=1S/C24H26ClNO3/c1-4-28-23-14-18(15-26-20-9-11-21(27-3)12-10-20)13-22(25)24(23)29-16-19-8-6-5-7-17(19)2/h5-14,26H,4,15-16H2,1-3H3. The highest BCUT2D eigenvalue weighted by atomic mass is 35.5. The van der Waals surface area contributed by atoms with Crippen molar-refractivity contribution in [3.63, 3.8) is 0 Å². The van der Waals surface area contributed by atoms with Gasteiger partial charge in [0.05, 0.1) is 18.7 Å². The lowest BCUT2D eigenvalue weighted by molar-refractivity contribution is 0.269. The zero-order valence-electron chi connectivity index (χ0n) is 17.0. The molecular formula is C24H26ClNO3. The molecule has 5 heteroatoms. The molecule has 0 aliphatic carbocycles. The van der Waals surface area contributed by atoms with Crippen molar-refractivity contribution < 1.29 is 14.2 Å². The molecule has 0 aliphatic heterocycles. The average molecular weight is 412 g/mol. The zero-order valence-corrected chi connectivity index (χ0v) is 17.8. The quantitative estimate of drug-likeness (QED) is 0.452. The second-order valence-electron chi connectivity index (χ2n) is 6.64. The lowest BCUT2D eigenvalue weighted by Crippen LogP contribution is -2.04. The summed E-state index contributed by atoms with van der Waals surface area (Å²) in [4.78, 5) is 0. The Hall–Kier alpha value is -2.85. The maximum atomic E-state index is 6.55. The molecule has 152 valence electrons. The lowest BCUT2D eigenvalue weighted by atomic mass is 10.1. The summed E-state index contributed by atoms with van der Waals surface area (Å²) in [7, 11) is 1.66. The van der Waals surface area contributed by atoms with E-state index in [-0.39, 0.29) is 0 Å². The molecule has 1 N–H and O–H groups in total.